The van der Waals surface area contributed by atoms with Gasteiger partial charge in [0.15, 0.2) is 0 Å². The Balaban J connectivity index is 3.75. The molecule has 2 unspecified atom stereocenters. The van der Waals surface area contributed by atoms with Crippen LogP contribution in [0.1, 0.15) is 52.9 Å². The summed E-state index contributed by atoms with van der Waals surface area (Å²) in [6.07, 6.45) is 8.88. The van der Waals surface area contributed by atoms with Crippen molar-refractivity contribution in [3.8, 4) is 0 Å². The summed E-state index contributed by atoms with van der Waals surface area (Å²) in [5, 5.41) is 0. The molecule has 0 aliphatic carbocycles. The van der Waals surface area contributed by atoms with Gasteiger partial charge in [0.05, 0.1) is 0 Å². The highest BCUT2D eigenvalue weighted by molar-refractivity contribution is 4.81. The van der Waals surface area contributed by atoms with Gasteiger partial charge in [0, 0.05) is 0 Å². The minimum Gasteiger partial charge on any atom is -0.103 e. The number of rotatable bonds is 7. The predicted molar refractivity (Wildman–Crippen MR) is 57.3 cm³/mol. The molecule has 0 heteroatoms. The Labute approximate surface area is 78.1 Å². The van der Waals surface area contributed by atoms with Gasteiger partial charge < -0.3 is 0 Å². The molecule has 0 heterocycles. The average Bonchev–Trinajstić information content (AvgIpc) is 2.11. The SMILES string of the molecule is C=CC(C)C(CCC)CCCC. The van der Waals surface area contributed by atoms with E-state index < -0.39 is 0 Å². The molecule has 12 heavy (non-hydrogen) atoms. The number of allylic oxidation sites excluding steroid dienone is 1. The average molecular weight is 168 g/mol. The molecule has 0 saturated carbocycles. The fourth-order valence-corrected chi connectivity index (χ4v) is 1.70. The third-order valence-electron chi connectivity index (χ3n) is 2.70. The lowest BCUT2D eigenvalue weighted by molar-refractivity contribution is 0.352. The number of hydrogen-bond donors (Lipinski definition) is 0. The van der Waals surface area contributed by atoms with Crippen molar-refractivity contribution in [1.29, 1.82) is 0 Å². The molecule has 0 spiro atoms. The number of hydrogen-bond acceptors (Lipinski definition) is 0. The van der Waals surface area contributed by atoms with Crippen molar-refractivity contribution in [2.75, 3.05) is 0 Å². The van der Waals surface area contributed by atoms with Gasteiger partial charge in [-0.3, -0.25) is 0 Å². The molecule has 0 N–H and O–H groups in total. The van der Waals surface area contributed by atoms with Crippen molar-refractivity contribution in [1.82, 2.24) is 0 Å². The van der Waals surface area contributed by atoms with Crippen LogP contribution >= 0.6 is 0 Å². The minimum absolute atomic E-state index is 0.705. The highest BCUT2D eigenvalue weighted by Gasteiger charge is 2.12. The topological polar surface area (TPSA) is 0 Å². The molecule has 0 bridgehead atoms. The largest absolute Gasteiger partial charge is 0.103 e. The van der Waals surface area contributed by atoms with Gasteiger partial charge in [0.1, 0.15) is 0 Å². The van der Waals surface area contributed by atoms with Crippen LogP contribution in [-0.2, 0) is 0 Å². The third kappa shape index (κ3) is 4.58. The molecule has 0 amide bonds. The molecule has 0 fully saturated rings. The van der Waals surface area contributed by atoms with Crippen molar-refractivity contribution >= 4 is 0 Å². The first kappa shape index (κ1) is 11.7. The van der Waals surface area contributed by atoms with Crippen LogP contribution in [0.3, 0.4) is 0 Å². The Morgan fingerprint density at radius 1 is 1.17 bits per heavy atom. The van der Waals surface area contributed by atoms with Gasteiger partial charge >= 0.3 is 0 Å². The van der Waals surface area contributed by atoms with Gasteiger partial charge in [-0.15, -0.1) is 6.58 Å². The van der Waals surface area contributed by atoms with E-state index in [1.807, 2.05) is 0 Å². The lowest BCUT2D eigenvalue weighted by Gasteiger charge is -2.20. The summed E-state index contributed by atoms with van der Waals surface area (Å²) < 4.78 is 0. The first-order valence-electron chi connectivity index (χ1n) is 5.38. The Bertz CT molecular complexity index is 105. The first-order chi connectivity index (χ1) is 5.76. The Morgan fingerprint density at radius 3 is 2.25 bits per heavy atom. The van der Waals surface area contributed by atoms with Crippen LogP contribution < -0.4 is 0 Å². The second-order valence-electron chi connectivity index (χ2n) is 3.79. The highest BCUT2D eigenvalue weighted by Crippen LogP contribution is 2.24. The quantitative estimate of drug-likeness (QED) is 0.494. The Hall–Kier alpha value is -0.260. The fraction of sp³-hybridized carbons (Fsp3) is 0.833. The summed E-state index contributed by atoms with van der Waals surface area (Å²) in [5.41, 5.74) is 0. The van der Waals surface area contributed by atoms with Crippen LogP contribution in [0.5, 0.6) is 0 Å². The Morgan fingerprint density at radius 2 is 1.83 bits per heavy atom. The summed E-state index contributed by atoms with van der Waals surface area (Å²) in [6, 6.07) is 0. The van der Waals surface area contributed by atoms with Crippen molar-refractivity contribution in [2.24, 2.45) is 11.8 Å². The lowest BCUT2D eigenvalue weighted by atomic mass is 9.86. The van der Waals surface area contributed by atoms with E-state index in [2.05, 4.69) is 33.4 Å². The van der Waals surface area contributed by atoms with E-state index in [1.54, 1.807) is 0 Å². The van der Waals surface area contributed by atoms with Crippen molar-refractivity contribution in [3.05, 3.63) is 12.7 Å². The first-order valence-corrected chi connectivity index (χ1v) is 5.38. The molecule has 0 aliphatic heterocycles. The van der Waals surface area contributed by atoms with Gasteiger partial charge in [-0.25, -0.2) is 0 Å². The van der Waals surface area contributed by atoms with E-state index in [4.69, 9.17) is 0 Å². The molecule has 0 saturated heterocycles. The van der Waals surface area contributed by atoms with Gasteiger partial charge in [-0.1, -0.05) is 52.5 Å². The summed E-state index contributed by atoms with van der Waals surface area (Å²) in [6.45, 7) is 10.7. The van der Waals surface area contributed by atoms with E-state index in [1.165, 1.54) is 32.1 Å². The maximum absolute atomic E-state index is 3.87. The van der Waals surface area contributed by atoms with Gasteiger partial charge in [-0.2, -0.15) is 0 Å². The molecular formula is C12H24. The zero-order chi connectivity index (χ0) is 9.40. The predicted octanol–water partition coefficient (Wildman–Crippen LogP) is 4.42. The van der Waals surface area contributed by atoms with Crippen LogP contribution in [0.15, 0.2) is 12.7 Å². The van der Waals surface area contributed by atoms with E-state index in [9.17, 15) is 0 Å². The molecule has 0 aromatic heterocycles. The minimum atomic E-state index is 0.705. The van der Waals surface area contributed by atoms with E-state index in [-0.39, 0.29) is 0 Å². The van der Waals surface area contributed by atoms with Gasteiger partial charge in [0.25, 0.3) is 0 Å². The highest BCUT2D eigenvalue weighted by atomic mass is 14.2. The van der Waals surface area contributed by atoms with E-state index in [0.29, 0.717) is 5.92 Å². The van der Waals surface area contributed by atoms with Gasteiger partial charge in [-0.05, 0) is 18.3 Å². The molecule has 72 valence electrons. The maximum Gasteiger partial charge on any atom is -0.0236 e. The van der Waals surface area contributed by atoms with Crippen LogP contribution in [-0.4, -0.2) is 0 Å². The molecule has 0 nitrogen and oxygen atoms in total. The van der Waals surface area contributed by atoms with Crippen molar-refractivity contribution in [3.63, 3.8) is 0 Å². The van der Waals surface area contributed by atoms with E-state index in [0.717, 1.165) is 5.92 Å². The number of unbranched alkanes of at least 4 members (excludes halogenated alkanes) is 1. The van der Waals surface area contributed by atoms with Crippen molar-refractivity contribution in [2.45, 2.75) is 52.9 Å². The van der Waals surface area contributed by atoms with Crippen LogP contribution in [0.2, 0.25) is 0 Å². The Kier molecular flexibility index (Phi) is 7.23. The zero-order valence-corrected chi connectivity index (χ0v) is 8.97. The smallest absolute Gasteiger partial charge is 0.0236 e. The monoisotopic (exact) mass is 168 g/mol. The van der Waals surface area contributed by atoms with Crippen LogP contribution in [0, 0.1) is 11.8 Å². The van der Waals surface area contributed by atoms with Crippen LogP contribution in [0.4, 0.5) is 0 Å². The third-order valence-corrected chi connectivity index (χ3v) is 2.70. The van der Waals surface area contributed by atoms with Crippen molar-refractivity contribution < 1.29 is 0 Å². The van der Waals surface area contributed by atoms with E-state index >= 15 is 0 Å². The zero-order valence-electron chi connectivity index (χ0n) is 8.97. The lowest BCUT2D eigenvalue weighted by Crippen LogP contribution is -2.09. The molecular weight excluding hydrogens is 144 g/mol. The molecule has 0 aromatic rings. The summed E-state index contributed by atoms with van der Waals surface area (Å²) in [4.78, 5) is 0. The normalized spacial score (nSPS) is 15.6. The molecule has 2 atom stereocenters. The summed E-state index contributed by atoms with van der Waals surface area (Å²) >= 11 is 0. The molecule has 0 aliphatic rings. The summed E-state index contributed by atoms with van der Waals surface area (Å²) in [5.74, 6) is 1.59. The maximum atomic E-state index is 3.87. The second kappa shape index (κ2) is 7.39. The van der Waals surface area contributed by atoms with Gasteiger partial charge in [0.2, 0.25) is 0 Å². The standard InChI is InChI=1S/C12H24/c1-5-8-10-12(9-6-2)11(4)7-3/h7,11-12H,3,5-6,8-10H2,1-2,4H3. The fourth-order valence-electron chi connectivity index (χ4n) is 1.70. The molecule has 0 aromatic carbocycles. The molecule has 0 rings (SSSR count). The second-order valence-corrected chi connectivity index (χ2v) is 3.79. The van der Waals surface area contributed by atoms with Crippen LogP contribution in [0.25, 0.3) is 0 Å². The summed E-state index contributed by atoms with van der Waals surface area (Å²) in [7, 11) is 0. The molecule has 0 radical (unpaired) electrons.